The summed E-state index contributed by atoms with van der Waals surface area (Å²) in [6, 6.07) is 4.57. The molecule has 0 spiro atoms. The van der Waals surface area contributed by atoms with Crippen molar-refractivity contribution in [2.75, 3.05) is 26.2 Å². The molecule has 1 aliphatic heterocycles. The molecule has 1 amide bonds. The molecule has 2 aromatic rings. The van der Waals surface area contributed by atoms with E-state index in [2.05, 4.69) is 10.3 Å². The lowest BCUT2D eigenvalue weighted by Crippen LogP contribution is -2.34. The number of primary amides is 1. The maximum Gasteiger partial charge on any atom is 0.249 e. The van der Waals surface area contributed by atoms with Gasteiger partial charge in [0.15, 0.2) is 0 Å². The summed E-state index contributed by atoms with van der Waals surface area (Å²) < 4.78 is 27.7. The number of benzene rings is 1. The van der Waals surface area contributed by atoms with Gasteiger partial charge in [-0.05, 0) is 38.1 Å². The topological polar surface area (TPSA) is 105 Å². The third kappa shape index (κ3) is 2.88. The minimum atomic E-state index is -3.66. The van der Waals surface area contributed by atoms with Gasteiger partial charge in [-0.15, -0.1) is 0 Å². The SMILES string of the molecule is Cc1nccc2c(S(=O)(=O)N3CCCNCC3)ccc(C(N)=O)c12. The average Bonchev–Trinajstić information content (AvgIpc) is 2.83. The first kappa shape index (κ1) is 16.8. The maximum absolute atomic E-state index is 13.1. The number of aryl methyl sites for hydroxylation is 1. The van der Waals surface area contributed by atoms with Crippen LogP contribution in [-0.4, -0.2) is 49.8 Å². The molecule has 0 atom stereocenters. The van der Waals surface area contributed by atoms with Gasteiger partial charge in [0, 0.05) is 47.9 Å². The van der Waals surface area contributed by atoms with E-state index in [-0.39, 0.29) is 10.5 Å². The van der Waals surface area contributed by atoms with Gasteiger partial charge < -0.3 is 11.1 Å². The number of sulfonamides is 1. The lowest BCUT2D eigenvalue weighted by molar-refractivity contribution is 0.100. The van der Waals surface area contributed by atoms with E-state index < -0.39 is 15.9 Å². The van der Waals surface area contributed by atoms with Crippen LogP contribution in [0.2, 0.25) is 0 Å². The van der Waals surface area contributed by atoms with Crippen molar-refractivity contribution in [2.24, 2.45) is 5.73 Å². The summed E-state index contributed by atoms with van der Waals surface area (Å²) in [4.78, 5) is 16.1. The summed E-state index contributed by atoms with van der Waals surface area (Å²) in [6.07, 6.45) is 2.31. The zero-order valence-corrected chi connectivity index (χ0v) is 14.3. The summed E-state index contributed by atoms with van der Waals surface area (Å²) in [7, 11) is -3.66. The highest BCUT2D eigenvalue weighted by atomic mass is 32.2. The Kier molecular flexibility index (Phi) is 4.53. The van der Waals surface area contributed by atoms with Crippen LogP contribution < -0.4 is 11.1 Å². The number of nitrogens with one attached hydrogen (secondary N) is 1. The number of pyridine rings is 1. The normalized spacial score (nSPS) is 16.9. The molecule has 24 heavy (non-hydrogen) atoms. The number of rotatable bonds is 3. The summed E-state index contributed by atoms with van der Waals surface area (Å²) in [5, 5.41) is 4.18. The number of aromatic nitrogens is 1. The Labute approximate surface area is 140 Å². The summed E-state index contributed by atoms with van der Waals surface area (Å²) >= 11 is 0. The molecule has 0 saturated carbocycles. The molecule has 2 heterocycles. The van der Waals surface area contributed by atoms with Gasteiger partial charge in [-0.3, -0.25) is 9.78 Å². The number of nitrogens with zero attached hydrogens (tertiary/aromatic N) is 2. The Hall–Kier alpha value is -2.03. The van der Waals surface area contributed by atoms with E-state index in [4.69, 9.17) is 5.73 Å². The zero-order valence-electron chi connectivity index (χ0n) is 13.4. The fourth-order valence-electron chi connectivity index (χ4n) is 3.07. The number of amides is 1. The Morgan fingerprint density at radius 1 is 1.25 bits per heavy atom. The molecule has 1 aliphatic rings. The number of hydrogen-bond donors (Lipinski definition) is 2. The molecule has 1 aromatic carbocycles. The standard InChI is InChI=1S/C16H20N4O3S/c1-11-15-12(5-7-19-11)14(4-3-13(15)16(17)21)24(22,23)20-9-2-6-18-8-10-20/h3-5,7,18H,2,6,8-10H2,1H3,(H2,17,21). The second kappa shape index (κ2) is 6.46. The third-order valence-corrected chi connectivity index (χ3v) is 6.22. The van der Waals surface area contributed by atoms with Gasteiger partial charge in [-0.2, -0.15) is 4.31 Å². The fraction of sp³-hybridized carbons (Fsp3) is 0.375. The molecule has 128 valence electrons. The first-order chi connectivity index (χ1) is 11.4. The van der Waals surface area contributed by atoms with Crippen molar-refractivity contribution in [3.63, 3.8) is 0 Å². The van der Waals surface area contributed by atoms with Crippen molar-refractivity contribution >= 4 is 26.7 Å². The van der Waals surface area contributed by atoms with E-state index in [1.54, 1.807) is 19.2 Å². The van der Waals surface area contributed by atoms with Gasteiger partial charge in [-0.25, -0.2) is 8.42 Å². The van der Waals surface area contributed by atoms with E-state index in [0.29, 0.717) is 36.1 Å². The van der Waals surface area contributed by atoms with Crippen LogP contribution in [0.4, 0.5) is 0 Å². The van der Waals surface area contributed by atoms with Crippen LogP contribution in [0.25, 0.3) is 10.8 Å². The number of fused-ring (bicyclic) bond motifs is 1. The van der Waals surface area contributed by atoms with Crippen LogP contribution in [0, 0.1) is 6.92 Å². The molecule has 0 radical (unpaired) electrons. The molecule has 0 aliphatic carbocycles. The maximum atomic E-state index is 13.1. The zero-order chi connectivity index (χ0) is 17.3. The second-order valence-corrected chi connectivity index (χ2v) is 7.71. The van der Waals surface area contributed by atoms with Crippen LogP contribution in [0.1, 0.15) is 22.5 Å². The third-order valence-electron chi connectivity index (χ3n) is 4.26. The van der Waals surface area contributed by atoms with Gasteiger partial charge in [0.2, 0.25) is 15.9 Å². The van der Waals surface area contributed by atoms with E-state index >= 15 is 0 Å². The Balaban J connectivity index is 2.21. The van der Waals surface area contributed by atoms with E-state index in [1.807, 2.05) is 0 Å². The van der Waals surface area contributed by atoms with Crippen LogP contribution in [-0.2, 0) is 10.0 Å². The largest absolute Gasteiger partial charge is 0.366 e. The van der Waals surface area contributed by atoms with E-state index in [0.717, 1.165) is 13.0 Å². The van der Waals surface area contributed by atoms with Crippen molar-refractivity contribution in [1.82, 2.24) is 14.6 Å². The Morgan fingerprint density at radius 3 is 2.79 bits per heavy atom. The van der Waals surface area contributed by atoms with Gasteiger partial charge in [-0.1, -0.05) is 0 Å². The van der Waals surface area contributed by atoms with Gasteiger partial charge in [0.05, 0.1) is 4.90 Å². The summed E-state index contributed by atoms with van der Waals surface area (Å²) in [5.74, 6) is -0.598. The van der Waals surface area contributed by atoms with Crippen molar-refractivity contribution in [3.8, 4) is 0 Å². The fourth-order valence-corrected chi connectivity index (χ4v) is 4.74. The van der Waals surface area contributed by atoms with Crippen molar-refractivity contribution in [1.29, 1.82) is 0 Å². The smallest absolute Gasteiger partial charge is 0.249 e. The molecule has 8 heteroatoms. The molecule has 1 aromatic heterocycles. The van der Waals surface area contributed by atoms with Gasteiger partial charge in [0.25, 0.3) is 0 Å². The Bertz CT molecular complexity index is 888. The molecule has 0 bridgehead atoms. The monoisotopic (exact) mass is 348 g/mol. The lowest BCUT2D eigenvalue weighted by atomic mass is 10.0. The molecule has 7 nitrogen and oxygen atoms in total. The highest BCUT2D eigenvalue weighted by molar-refractivity contribution is 7.89. The molecule has 1 saturated heterocycles. The molecule has 1 fully saturated rings. The molecular weight excluding hydrogens is 328 g/mol. The Morgan fingerprint density at radius 2 is 2.04 bits per heavy atom. The predicted molar refractivity (Wildman–Crippen MR) is 91.2 cm³/mol. The molecule has 3 rings (SSSR count). The first-order valence-corrected chi connectivity index (χ1v) is 9.26. The second-order valence-electron chi connectivity index (χ2n) is 5.80. The summed E-state index contributed by atoms with van der Waals surface area (Å²) in [6.45, 7) is 4.05. The van der Waals surface area contributed by atoms with Crippen LogP contribution in [0.3, 0.4) is 0 Å². The number of carbonyl (C=O) groups excluding carboxylic acids is 1. The van der Waals surface area contributed by atoms with E-state index in [1.165, 1.54) is 16.4 Å². The molecular formula is C16H20N4O3S. The summed E-state index contributed by atoms with van der Waals surface area (Å²) in [5.41, 5.74) is 6.30. The van der Waals surface area contributed by atoms with Gasteiger partial charge in [0.1, 0.15) is 0 Å². The number of nitrogens with two attached hydrogens (primary N) is 1. The van der Waals surface area contributed by atoms with Crippen LogP contribution >= 0.6 is 0 Å². The van der Waals surface area contributed by atoms with Crippen molar-refractivity contribution in [2.45, 2.75) is 18.2 Å². The van der Waals surface area contributed by atoms with Crippen LogP contribution in [0.5, 0.6) is 0 Å². The molecule has 3 N–H and O–H groups in total. The van der Waals surface area contributed by atoms with Crippen molar-refractivity contribution < 1.29 is 13.2 Å². The minimum absolute atomic E-state index is 0.190. The molecule has 0 unspecified atom stereocenters. The number of hydrogen-bond acceptors (Lipinski definition) is 5. The number of carbonyl (C=O) groups is 1. The lowest BCUT2D eigenvalue weighted by Gasteiger charge is -2.21. The van der Waals surface area contributed by atoms with Gasteiger partial charge >= 0.3 is 0 Å². The van der Waals surface area contributed by atoms with Crippen LogP contribution in [0.15, 0.2) is 29.3 Å². The minimum Gasteiger partial charge on any atom is -0.366 e. The highest BCUT2D eigenvalue weighted by Gasteiger charge is 2.28. The highest BCUT2D eigenvalue weighted by Crippen LogP contribution is 2.30. The van der Waals surface area contributed by atoms with Crippen molar-refractivity contribution in [3.05, 3.63) is 35.7 Å². The van der Waals surface area contributed by atoms with E-state index in [9.17, 15) is 13.2 Å². The quantitative estimate of drug-likeness (QED) is 0.846. The predicted octanol–water partition coefficient (Wildman–Crippen LogP) is 0.626. The first-order valence-electron chi connectivity index (χ1n) is 7.82. The average molecular weight is 348 g/mol.